The molecule has 2 aromatic rings. The Morgan fingerprint density at radius 1 is 1.00 bits per heavy atom. The Kier molecular flexibility index (Phi) is 6.04. The number of likely N-dealkylation sites (N-methyl/N-ethyl adjacent to an activating group) is 1. The second kappa shape index (κ2) is 8.88. The van der Waals surface area contributed by atoms with Crippen molar-refractivity contribution in [1.82, 2.24) is 4.90 Å². The molecule has 2 amide bonds. The van der Waals surface area contributed by atoms with Crippen molar-refractivity contribution in [3.63, 3.8) is 0 Å². The number of hydrogen-bond donors (Lipinski definition) is 1. The third kappa shape index (κ3) is 4.65. The Morgan fingerprint density at radius 2 is 1.73 bits per heavy atom. The Labute approximate surface area is 178 Å². The molecule has 0 atom stereocenters. The SMILES string of the molecule is Cc1cc(NC(=O)Cc2ccc(N3CCCC3=O)cc2)ccc1N1CCN(C)CC1. The lowest BCUT2D eigenvalue weighted by molar-refractivity contribution is -0.117. The second-order valence-electron chi connectivity index (χ2n) is 8.33. The van der Waals surface area contributed by atoms with Crippen LogP contribution >= 0.6 is 0 Å². The average Bonchev–Trinajstić information content (AvgIpc) is 3.15. The monoisotopic (exact) mass is 406 g/mol. The molecule has 6 heteroatoms. The van der Waals surface area contributed by atoms with Gasteiger partial charge in [-0.15, -0.1) is 0 Å². The summed E-state index contributed by atoms with van der Waals surface area (Å²) >= 11 is 0. The van der Waals surface area contributed by atoms with Gasteiger partial charge in [0.2, 0.25) is 11.8 Å². The topological polar surface area (TPSA) is 55.9 Å². The lowest BCUT2D eigenvalue weighted by Gasteiger charge is -2.35. The van der Waals surface area contributed by atoms with Crippen LogP contribution in [0, 0.1) is 6.92 Å². The molecule has 2 heterocycles. The van der Waals surface area contributed by atoms with Crippen molar-refractivity contribution in [3.8, 4) is 0 Å². The number of aryl methyl sites for hydroxylation is 1. The smallest absolute Gasteiger partial charge is 0.228 e. The van der Waals surface area contributed by atoms with E-state index in [1.54, 1.807) is 0 Å². The molecule has 0 unspecified atom stereocenters. The van der Waals surface area contributed by atoms with Crippen LogP contribution in [0.15, 0.2) is 42.5 Å². The summed E-state index contributed by atoms with van der Waals surface area (Å²) in [6.45, 7) is 7.08. The predicted molar refractivity (Wildman–Crippen MR) is 121 cm³/mol. The van der Waals surface area contributed by atoms with E-state index in [1.165, 1.54) is 11.3 Å². The molecule has 0 radical (unpaired) electrons. The van der Waals surface area contributed by atoms with Crippen molar-refractivity contribution in [3.05, 3.63) is 53.6 Å². The van der Waals surface area contributed by atoms with Crippen LogP contribution in [0.5, 0.6) is 0 Å². The fraction of sp³-hybridized carbons (Fsp3) is 0.417. The van der Waals surface area contributed by atoms with Crippen molar-refractivity contribution in [2.45, 2.75) is 26.2 Å². The summed E-state index contributed by atoms with van der Waals surface area (Å²) in [5.74, 6) is 0.141. The molecule has 2 saturated heterocycles. The van der Waals surface area contributed by atoms with Crippen molar-refractivity contribution >= 4 is 28.9 Å². The van der Waals surface area contributed by atoms with E-state index in [4.69, 9.17) is 0 Å². The lowest BCUT2D eigenvalue weighted by atomic mass is 10.1. The molecule has 0 bridgehead atoms. The molecule has 1 N–H and O–H groups in total. The maximum Gasteiger partial charge on any atom is 0.228 e. The van der Waals surface area contributed by atoms with Gasteiger partial charge in [-0.3, -0.25) is 9.59 Å². The maximum atomic E-state index is 12.5. The fourth-order valence-corrected chi connectivity index (χ4v) is 4.24. The number of amides is 2. The van der Waals surface area contributed by atoms with Crippen molar-refractivity contribution in [2.24, 2.45) is 0 Å². The van der Waals surface area contributed by atoms with E-state index in [1.807, 2.05) is 41.3 Å². The zero-order valence-corrected chi connectivity index (χ0v) is 17.9. The average molecular weight is 407 g/mol. The summed E-state index contributed by atoms with van der Waals surface area (Å²) in [6, 6.07) is 13.9. The molecule has 4 rings (SSSR count). The first-order valence-electron chi connectivity index (χ1n) is 10.7. The molecule has 2 aliphatic heterocycles. The van der Waals surface area contributed by atoms with Crippen LogP contribution < -0.4 is 15.1 Å². The van der Waals surface area contributed by atoms with Gasteiger partial charge in [0.25, 0.3) is 0 Å². The van der Waals surface area contributed by atoms with Crippen LogP contribution in [-0.2, 0) is 16.0 Å². The molecule has 0 saturated carbocycles. The Bertz CT molecular complexity index is 917. The highest BCUT2D eigenvalue weighted by molar-refractivity contribution is 5.95. The molecular formula is C24H30N4O2. The molecule has 2 aliphatic rings. The van der Waals surface area contributed by atoms with E-state index in [0.29, 0.717) is 12.8 Å². The fourth-order valence-electron chi connectivity index (χ4n) is 4.24. The Morgan fingerprint density at radius 3 is 2.37 bits per heavy atom. The number of nitrogens with one attached hydrogen (secondary N) is 1. The number of carbonyl (C=O) groups is 2. The van der Waals surface area contributed by atoms with E-state index < -0.39 is 0 Å². The molecule has 0 spiro atoms. The van der Waals surface area contributed by atoms with Gasteiger partial charge in [0.1, 0.15) is 0 Å². The third-order valence-corrected chi connectivity index (χ3v) is 6.01. The van der Waals surface area contributed by atoms with Gasteiger partial charge in [-0.2, -0.15) is 0 Å². The highest BCUT2D eigenvalue weighted by atomic mass is 16.2. The number of piperazine rings is 1. The largest absolute Gasteiger partial charge is 0.369 e. The quantitative estimate of drug-likeness (QED) is 0.829. The zero-order chi connectivity index (χ0) is 21.1. The number of hydrogen-bond acceptors (Lipinski definition) is 4. The van der Waals surface area contributed by atoms with Gasteiger partial charge < -0.3 is 20.0 Å². The van der Waals surface area contributed by atoms with Gasteiger partial charge in [0.15, 0.2) is 0 Å². The summed E-state index contributed by atoms with van der Waals surface area (Å²) in [7, 11) is 2.16. The van der Waals surface area contributed by atoms with Crippen LogP contribution in [0.4, 0.5) is 17.1 Å². The summed E-state index contributed by atoms with van der Waals surface area (Å²) in [5, 5.41) is 3.01. The normalized spacial score (nSPS) is 17.5. The van der Waals surface area contributed by atoms with Crippen LogP contribution in [-0.4, -0.2) is 56.5 Å². The predicted octanol–water partition coefficient (Wildman–Crippen LogP) is 3.05. The van der Waals surface area contributed by atoms with Crippen LogP contribution in [0.3, 0.4) is 0 Å². The van der Waals surface area contributed by atoms with E-state index >= 15 is 0 Å². The van der Waals surface area contributed by atoms with E-state index in [-0.39, 0.29) is 11.8 Å². The molecule has 0 aliphatic carbocycles. The minimum Gasteiger partial charge on any atom is -0.369 e. The van der Waals surface area contributed by atoms with E-state index in [2.05, 4.69) is 35.2 Å². The number of benzene rings is 2. The van der Waals surface area contributed by atoms with Crippen molar-refractivity contribution < 1.29 is 9.59 Å². The molecule has 0 aromatic heterocycles. The molecule has 158 valence electrons. The molecule has 2 fully saturated rings. The van der Waals surface area contributed by atoms with Gasteiger partial charge in [-0.1, -0.05) is 12.1 Å². The van der Waals surface area contributed by atoms with Gasteiger partial charge >= 0.3 is 0 Å². The highest BCUT2D eigenvalue weighted by Gasteiger charge is 2.21. The summed E-state index contributed by atoms with van der Waals surface area (Å²) in [6.07, 6.45) is 1.85. The van der Waals surface area contributed by atoms with Crippen LogP contribution in [0.2, 0.25) is 0 Å². The maximum absolute atomic E-state index is 12.5. The third-order valence-electron chi connectivity index (χ3n) is 6.01. The number of nitrogens with zero attached hydrogens (tertiary/aromatic N) is 3. The zero-order valence-electron chi connectivity index (χ0n) is 17.9. The Hall–Kier alpha value is -2.86. The van der Waals surface area contributed by atoms with Gasteiger partial charge in [-0.25, -0.2) is 0 Å². The first kappa shape index (κ1) is 20.4. The van der Waals surface area contributed by atoms with Crippen molar-refractivity contribution in [2.75, 3.05) is 54.9 Å². The molecule has 30 heavy (non-hydrogen) atoms. The first-order chi connectivity index (χ1) is 14.5. The number of carbonyl (C=O) groups excluding carboxylic acids is 2. The van der Waals surface area contributed by atoms with Gasteiger partial charge in [-0.05, 0) is 61.9 Å². The minimum atomic E-state index is -0.0354. The van der Waals surface area contributed by atoms with Crippen LogP contribution in [0.1, 0.15) is 24.0 Å². The Balaban J connectivity index is 1.34. The summed E-state index contributed by atoms with van der Waals surface area (Å²) in [4.78, 5) is 30.9. The number of anilines is 3. The second-order valence-corrected chi connectivity index (χ2v) is 8.33. The summed E-state index contributed by atoms with van der Waals surface area (Å²) < 4.78 is 0. The first-order valence-corrected chi connectivity index (χ1v) is 10.7. The lowest BCUT2D eigenvalue weighted by Crippen LogP contribution is -2.44. The van der Waals surface area contributed by atoms with Crippen molar-refractivity contribution in [1.29, 1.82) is 0 Å². The highest BCUT2D eigenvalue weighted by Crippen LogP contribution is 2.25. The van der Waals surface area contributed by atoms with E-state index in [0.717, 1.165) is 56.1 Å². The molecule has 2 aromatic carbocycles. The minimum absolute atomic E-state index is 0.0354. The molecular weight excluding hydrogens is 376 g/mol. The van der Waals surface area contributed by atoms with Gasteiger partial charge in [0.05, 0.1) is 6.42 Å². The molecule has 6 nitrogen and oxygen atoms in total. The summed E-state index contributed by atoms with van der Waals surface area (Å²) in [5.41, 5.74) is 5.10. The number of rotatable bonds is 5. The van der Waals surface area contributed by atoms with E-state index in [9.17, 15) is 9.59 Å². The van der Waals surface area contributed by atoms with Crippen LogP contribution in [0.25, 0.3) is 0 Å². The van der Waals surface area contributed by atoms with Gasteiger partial charge in [0, 0.05) is 56.2 Å². The standard InChI is InChI=1S/C24H30N4O2/c1-18-16-20(7-10-22(18)27-14-12-26(2)13-15-27)25-23(29)17-19-5-8-21(9-6-19)28-11-3-4-24(28)30/h5-10,16H,3-4,11-15,17H2,1-2H3,(H,25,29).